The van der Waals surface area contributed by atoms with Crippen LogP contribution < -0.4 is 5.32 Å². The van der Waals surface area contributed by atoms with Crippen molar-refractivity contribution < 1.29 is 22.9 Å². The zero-order valence-corrected chi connectivity index (χ0v) is 27.9. The lowest BCUT2D eigenvalue weighted by Gasteiger charge is -2.21. The van der Waals surface area contributed by atoms with Gasteiger partial charge in [0, 0.05) is 6.42 Å². The average Bonchev–Trinajstić information content (AvgIpc) is 2.94. The number of nitrogens with one attached hydrogen (secondary N) is 1. The monoisotopic (exact) mass is 611 g/mol. The summed E-state index contributed by atoms with van der Waals surface area (Å²) in [5, 5.41) is 13.1. The lowest BCUT2D eigenvalue weighted by Crippen LogP contribution is -2.46. The second-order valence-electron chi connectivity index (χ2n) is 11.8. The summed E-state index contributed by atoms with van der Waals surface area (Å²) in [4.78, 5) is 12.4. The maximum Gasteiger partial charge on any atom is 0.267 e. The first kappa shape index (κ1) is 40.6. The Morgan fingerprint density at radius 2 is 1.02 bits per heavy atom. The van der Waals surface area contributed by atoms with Crippen LogP contribution in [-0.2, 0) is 14.9 Å². The molecule has 0 aliphatic carbocycles. The Hall–Kier alpha value is -1.44. The molecule has 7 heteroatoms. The zero-order valence-electron chi connectivity index (χ0n) is 27.1. The van der Waals surface area contributed by atoms with Crippen molar-refractivity contribution in [3.05, 3.63) is 36.5 Å². The Morgan fingerprint density at radius 1 is 0.619 bits per heavy atom. The van der Waals surface area contributed by atoms with Gasteiger partial charge < -0.3 is 10.4 Å². The molecular weight excluding hydrogens is 546 g/mol. The maximum atomic E-state index is 12.4. The normalized spacial score (nSPS) is 13.9. The summed E-state index contributed by atoms with van der Waals surface area (Å²) in [7, 11) is -4.34. The van der Waals surface area contributed by atoms with Gasteiger partial charge in [-0.1, -0.05) is 134 Å². The van der Waals surface area contributed by atoms with E-state index in [4.69, 9.17) is 0 Å². The average molecular weight is 612 g/mol. The topological polar surface area (TPSA) is 104 Å². The molecule has 0 rings (SSSR count). The Kier molecular flexibility index (Phi) is 28.6. The number of amides is 1. The number of aliphatic hydroxyl groups excluding tert-OH is 1. The molecule has 0 radical (unpaired) electrons. The van der Waals surface area contributed by atoms with Gasteiger partial charge >= 0.3 is 0 Å². The molecule has 42 heavy (non-hydrogen) atoms. The highest BCUT2D eigenvalue weighted by Gasteiger charge is 2.24. The SMILES string of the molecule is CCCCCC/C=C/CC/C=C/C(O)C(CS(=O)(=O)O)NC(=O)CCCCCCCCC/C=C\CCCCCCCC. The van der Waals surface area contributed by atoms with E-state index in [0.29, 0.717) is 6.42 Å². The molecule has 0 spiro atoms. The molecule has 246 valence electrons. The molecule has 0 aromatic heterocycles. The van der Waals surface area contributed by atoms with Crippen molar-refractivity contribution in [1.29, 1.82) is 0 Å². The molecular formula is C35H65NO5S. The van der Waals surface area contributed by atoms with Crippen LogP contribution in [0.4, 0.5) is 0 Å². The van der Waals surface area contributed by atoms with E-state index < -0.39 is 28.0 Å². The first-order valence-electron chi connectivity index (χ1n) is 17.2. The number of unbranched alkanes of at least 4 members (excludes halogenated alkanes) is 18. The highest BCUT2D eigenvalue weighted by Crippen LogP contribution is 2.12. The molecule has 0 saturated carbocycles. The van der Waals surface area contributed by atoms with Gasteiger partial charge in [0.25, 0.3) is 10.1 Å². The van der Waals surface area contributed by atoms with Crippen LogP contribution in [0.5, 0.6) is 0 Å². The van der Waals surface area contributed by atoms with Gasteiger partial charge in [0.05, 0.1) is 17.9 Å². The smallest absolute Gasteiger partial charge is 0.267 e. The molecule has 0 aliphatic heterocycles. The molecule has 1 amide bonds. The van der Waals surface area contributed by atoms with Gasteiger partial charge in [-0.05, 0) is 57.8 Å². The van der Waals surface area contributed by atoms with Crippen LogP contribution in [0.3, 0.4) is 0 Å². The van der Waals surface area contributed by atoms with Gasteiger partial charge in [-0.15, -0.1) is 0 Å². The van der Waals surface area contributed by atoms with Crippen molar-refractivity contribution in [3.8, 4) is 0 Å². The minimum absolute atomic E-state index is 0.283. The standard InChI is InChI=1S/C35H65NO5S/c1-3-5-7-9-11-13-15-16-17-18-19-20-21-23-25-27-29-31-35(38)36-33(32-42(39,40)41)34(37)30-28-26-24-22-14-12-10-8-6-4-2/h14,16-17,22,28,30,33-34,37H,3-13,15,18-21,23-27,29,31-32H2,1-2H3,(H,36,38)(H,39,40,41)/b17-16-,22-14+,30-28+. The van der Waals surface area contributed by atoms with Crippen molar-refractivity contribution in [2.45, 2.75) is 174 Å². The third kappa shape index (κ3) is 30.0. The lowest BCUT2D eigenvalue weighted by molar-refractivity contribution is -0.122. The molecule has 3 N–H and O–H groups in total. The van der Waals surface area contributed by atoms with Gasteiger partial charge in [-0.25, -0.2) is 0 Å². The van der Waals surface area contributed by atoms with Crippen LogP contribution in [0, 0.1) is 0 Å². The third-order valence-electron chi connectivity index (χ3n) is 7.54. The number of hydrogen-bond acceptors (Lipinski definition) is 4. The number of carbonyl (C=O) groups is 1. The molecule has 0 aliphatic rings. The van der Waals surface area contributed by atoms with E-state index in [-0.39, 0.29) is 12.3 Å². The van der Waals surface area contributed by atoms with Crippen LogP contribution in [-0.4, -0.2) is 41.9 Å². The summed E-state index contributed by atoms with van der Waals surface area (Å²) < 4.78 is 32.2. The summed E-state index contributed by atoms with van der Waals surface area (Å²) in [5.74, 6) is -1.01. The van der Waals surface area contributed by atoms with Gasteiger partial charge in [0.1, 0.15) is 0 Å². The Labute approximate surface area is 259 Å². The number of aliphatic hydroxyl groups is 1. The second-order valence-corrected chi connectivity index (χ2v) is 13.3. The van der Waals surface area contributed by atoms with Crippen molar-refractivity contribution in [1.82, 2.24) is 5.32 Å². The van der Waals surface area contributed by atoms with E-state index in [9.17, 15) is 22.9 Å². The molecule has 0 fully saturated rings. The summed E-state index contributed by atoms with van der Waals surface area (Å²) >= 11 is 0. The van der Waals surface area contributed by atoms with Crippen LogP contribution >= 0.6 is 0 Å². The Balaban J connectivity index is 4.01. The molecule has 0 bridgehead atoms. The van der Waals surface area contributed by atoms with E-state index in [1.54, 1.807) is 6.08 Å². The zero-order chi connectivity index (χ0) is 31.2. The lowest BCUT2D eigenvalue weighted by atomic mass is 10.1. The first-order chi connectivity index (χ1) is 20.3. The molecule has 0 aromatic carbocycles. The minimum atomic E-state index is -4.34. The summed E-state index contributed by atoms with van der Waals surface area (Å²) in [6.07, 6.45) is 37.0. The van der Waals surface area contributed by atoms with Crippen LogP contribution in [0.15, 0.2) is 36.5 Å². The molecule has 0 heterocycles. The summed E-state index contributed by atoms with van der Waals surface area (Å²) in [6.45, 7) is 4.45. The van der Waals surface area contributed by atoms with Crippen molar-refractivity contribution >= 4 is 16.0 Å². The fourth-order valence-electron chi connectivity index (χ4n) is 4.93. The number of allylic oxidation sites excluding steroid dienone is 5. The van der Waals surface area contributed by atoms with E-state index in [1.807, 2.05) is 0 Å². The predicted molar refractivity (Wildman–Crippen MR) is 179 cm³/mol. The highest BCUT2D eigenvalue weighted by atomic mass is 32.2. The fourth-order valence-corrected chi connectivity index (χ4v) is 5.66. The molecule has 0 saturated heterocycles. The molecule has 6 nitrogen and oxygen atoms in total. The Bertz CT molecular complexity index is 806. The van der Waals surface area contributed by atoms with Crippen LogP contribution in [0.2, 0.25) is 0 Å². The van der Waals surface area contributed by atoms with E-state index in [1.165, 1.54) is 96.0 Å². The number of hydrogen-bond donors (Lipinski definition) is 3. The van der Waals surface area contributed by atoms with Crippen molar-refractivity contribution in [3.63, 3.8) is 0 Å². The van der Waals surface area contributed by atoms with E-state index in [2.05, 4.69) is 43.5 Å². The highest BCUT2D eigenvalue weighted by molar-refractivity contribution is 7.85. The van der Waals surface area contributed by atoms with E-state index in [0.717, 1.165) is 44.9 Å². The first-order valence-corrected chi connectivity index (χ1v) is 18.8. The molecule has 2 atom stereocenters. The van der Waals surface area contributed by atoms with Crippen LogP contribution in [0.25, 0.3) is 0 Å². The number of rotatable bonds is 30. The summed E-state index contributed by atoms with van der Waals surface area (Å²) in [5.41, 5.74) is 0. The van der Waals surface area contributed by atoms with Crippen molar-refractivity contribution in [2.24, 2.45) is 0 Å². The van der Waals surface area contributed by atoms with Gasteiger partial charge in [0.2, 0.25) is 5.91 Å². The van der Waals surface area contributed by atoms with Crippen LogP contribution in [0.1, 0.15) is 162 Å². The largest absolute Gasteiger partial charge is 0.387 e. The van der Waals surface area contributed by atoms with Gasteiger partial charge in [0.15, 0.2) is 0 Å². The predicted octanol–water partition coefficient (Wildman–Crippen LogP) is 9.40. The number of carbonyl (C=O) groups excluding carboxylic acids is 1. The van der Waals surface area contributed by atoms with Gasteiger partial charge in [-0.2, -0.15) is 8.42 Å². The molecule has 0 aromatic rings. The van der Waals surface area contributed by atoms with E-state index >= 15 is 0 Å². The maximum absolute atomic E-state index is 12.4. The third-order valence-corrected chi connectivity index (χ3v) is 8.32. The fraction of sp³-hybridized carbons (Fsp3) is 0.800. The Morgan fingerprint density at radius 3 is 1.52 bits per heavy atom. The quantitative estimate of drug-likeness (QED) is 0.0426. The van der Waals surface area contributed by atoms with Crippen molar-refractivity contribution in [2.75, 3.05) is 5.75 Å². The minimum Gasteiger partial charge on any atom is -0.387 e. The second kappa shape index (κ2) is 29.6. The summed E-state index contributed by atoms with van der Waals surface area (Å²) in [6, 6.07) is -1.07. The van der Waals surface area contributed by atoms with Gasteiger partial charge in [-0.3, -0.25) is 9.35 Å². The molecule has 2 unspecified atom stereocenters.